The zero-order chi connectivity index (χ0) is 19.0. The molecule has 0 bridgehead atoms. The standard InChI is InChI=1S/C15H11F6N3O/c1-13(5-9(7-23-13)14(16,17)18)12(25)24-10-3-2-8(6-22)11(4-10)15(19,20)21/h2-4,7,23H,5H2,1H3,(H,24,25). The summed E-state index contributed by atoms with van der Waals surface area (Å²) >= 11 is 0. The van der Waals surface area contributed by atoms with E-state index in [-0.39, 0.29) is 5.69 Å². The Labute approximate surface area is 138 Å². The Balaban J connectivity index is 2.21. The highest BCUT2D eigenvalue weighted by atomic mass is 19.4. The summed E-state index contributed by atoms with van der Waals surface area (Å²) in [6.07, 6.45) is -9.42. The van der Waals surface area contributed by atoms with Crippen LogP contribution in [0.2, 0.25) is 0 Å². The SMILES string of the molecule is CC1(C(=O)Nc2ccc(C#N)c(C(F)(F)F)c2)CC(C(F)(F)F)=CN1. The van der Waals surface area contributed by atoms with Gasteiger partial charge < -0.3 is 10.6 Å². The van der Waals surface area contributed by atoms with Gasteiger partial charge in [-0.25, -0.2) is 0 Å². The van der Waals surface area contributed by atoms with Gasteiger partial charge in [-0.1, -0.05) is 0 Å². The summed E-state index contributed by atoms with van der Waals surface area (Å²) in [4.78, 5) is 12.2. The number of halogens is 6. The predicted molar refractivity (Wildman–Crippen MR) is 75.1 cm³/mol. The fourth-order valence-electron chi connectivity index (χ4n) is 2.28. The molecule has 0 radical (unpaired) electrons. The maximum atomic E-state index is 12.9. The Bertz CT molecular complexity index is 775. The molecule has 1 atom stereocenters. The molecule has 0 saturated carbocycles. The minimum atomic E-state index is -4.81. The molecule has 0 spiro atoms. The number of nitrogens with one attached hydrogen (secondary N) is 2. The van der Waals surface area contributed by atoms with E-state index < -0.39 is 46.9 Å². The lowest BCUT2D eigenvalue weighted by molar-refractivity contribution is -0.137. The number of amides is 1. The lowest BCUT2D eigenvalue weighted by atomic mass is 9.95. The van der Waals surface area contributed by atoms with Crippen LogP contribution in [0.5, 0.6) is 0 Å². The second-order valence-corrected chi connectivity index (χ2v) is 5.64. The van der Waals surface area contributed by atoms with Crippen LogP contribution < -0.4 is 10.6 Å². The first kappa shape index (κ1) is 18.6. The molecule has 1 aromatic carbocycles. The van der Waals surface area contributed by atoms with Crippen LogP contribution in [-0.4, -0.2) is 17.6 Å². The number of anilines is 1. The number of hydrogen-bond acceptors (Lipinski definition) is 3. The molecule has 10 heteroatoms. The van der Waals surface area contributed by atoms with Crippen molar-refractivity contribution in [3.05, 3.63) is 41.1 Å². The average Bonchev–Trinajstić information content (AvgIpc) is 2.90. The molecule has 134 valence electrons. The molecule has 2 N–H and O–H groups in total. The molecular weight excluding hydrogens is 352 g/mol. The Kier molecular flexibility index (Phi) is 4.46. The van der Waals surface area contributed by atoms with Gasteiger partial charge in [-0.2, -0.15) is 31.6 Å². The predicted octanol–water partition coefficient (Wildman–Crippen LogP) is 3.71. The maximum absolute atomic E-state index is 12.9. The first-order valence-electron chi connectivity index (χ1n) is 6.83. The second-order valence-electron chi connectivity index (χ2n) is 5.64. The van der Waals surface area contributed by atoms with Crippen LogP contribution >= 0.6 is 0 Å². The molecule has 2 rings (SSSR count). The molecule has 1 aliphatic heterocycles. The van der Waals surface area contributed by atoms with E-state index in [0.29, 0.717) is 12.3 Å². The summed E-state index contributed by atoms with van der Waals surface area (Å²) in [6.45, 7) is 1.20. The van der Waals surface area contributed by atoms with Gasteiger partial charge in [0.1, 0.15) is 5.54 Å². The van der Waals surface area contributed by atoms with Gasteiger partial charge in [0.05, 0.1) is 22.8 Å². The Morgan fingerprint density at radius 2 is 1.88 bits per heavy atom. The van der Waals surface area contributed by atoms with Crippen molar-refractivity contribution in [2.24, 2.45) is 0 Å². The molecule has 1 heterocycles. The summed E-state index contributed by atoms with van der Waals surface area (Å²) in [5, 5.41) is 13.2. The maximum Gasteiger partial charge on any atom is 0.417 e. The van der Waals surface area contributed by atoms with Crippen LogP contribution in [0.1, 0.15) is 24.5 Å². The second kappa shape index (κ2) is 5.98. The van der Waals surface area contributed by atoms with Crippen LogP contribution in [0.15, 0.2) is 30.0 Å². The van der Waals surface area contributed by atoms with Crippen molar-refractivity contribution >= 4 is 11.6 Å². The highest BCUT2D eigenvalue weighted by molar-refractivity contribution is 5.98. The average molecular weight is 363 g/mol. The van der Waals surface area contributed by atoms with Crippen molar-refractivity contribution < 1.29 is 31.1 Å². The summed E-state index contributed by atoms with van der Waals surface area (Å²) in [6, 6.07) is 3.90. The Hall–Kier alpha value is -2.70. The molecule has 0 aliphatic carbocycles. The number of carbonyl (C=O) groups is 1. The van der Waals surface area contributed by atoms with Crippen molar-refractivity contribution in [1.29, 1.82) is 5.26 Å². The van der Waals surface area contributed by atoms with E-state index in [2.05, 4.69) is 10.6 Å². The molecule has 1 aliphatic rings. The molecule has 1 aromatic rings. The molecule has 0 aromatic heterocycles. The third kappa shape index (κ3) is 3.87. The van der Waals surface area contributed by atoms with Gasteiger partial charge in [-0.3, -0.25) is 4.79 Å². The largest absolute Gasteiger partial charge is 0.417 e. The Morgan fingerprint density at radius 1 is 1.24 bits per heavy atom. The van der Waals surface area contributed by atoms with E-state index >= 15 is 0 Å². The third-order valence-corrected chi connectivity index (χ3v) is 3.68. The third-order valence-electron chi connectivity index (χ3n) is 3.68. The normalized spacial score (nSPS) is 20.5. The molecule has 25 heavy (non-hydrogen) atoms. The molecule has 0 saturated heterocycles. The van der Waals surface area contributed by atoms with Crippen LogP contribution in [0.4, 0.5) is 32.0 Å². The summed E-state index contributed by atoms with van der Waals surface area (Å²) in [5.74, 6) is -0.930. The number of carbonyl (C=O) groups excluding carboxylic acids is 1. The van der Waals surface area contributed by atoms with Crippen molar-refractivity contribution in [2.45, 2.75) is 31.2 Å². The lowest BCUT2D eigenvalue weighted by Crippen LogP contribution is -2.47. The van der Waals surface area contributed by atoms with Crippen molar-refractivity contribution in [3.63, 3.8) is 0 Å². The fourth-order valence-corrected chi connectivity index (χ4v) is 2.28. The lowest BCUT2D eigenvalue weighted by Gasteiger charge is -2.24. The molecule has 1 unspecified atom stereocenters. The number of rotatable bonds is 2. The van der Waals surface area contributed by atoms with E-state index in [1.807, 2.05) is 0 Å². The molecular formula is C15H11F6N3O. The van der Waals surface area contributed by atoms with Crippen molar-refractivity contribution in [2.75, 3.05) is 5.32 Å². The molecule has 0 fully saturated rings. The minimum absolute atomic E-state index is 0.278. The van der Waals surface area contributed by atoms with Gasteiger partial charge in [-0.15, -0.1) is 0 Å². The van der Waals surface area contributed by atoms with E-state index in [0.717, 1.165) is 12.1 Å². The first-order valence-corrected chi connectivity index (χ1v) is 6.83. The summed E-state index contributed by atoms with van der Waals surface area (Å²) < 4.78 is 76.7. The quantitative estimate of drug-likeness (QED) is 0.788. The van der Waals surface area contributed by atoms with Gasteiger partial charge in [0.2, 0.25) is 5.91 Å². The monoisotopic (exact) mass is 363 g/mol. The smallest absolute Gasteiger partial charge is 0.377 e. The summed E-state index contributed by atoms with van der Waals surface area (Å²) in [7, 11) is 0. The van der Waals surface area contributed by atoms with Crippen LogP contribution in [0.3, 0.4) is 0 Å². The Morgan fingerprint density at radius 3 is 2.36 bits per heavy atom. The number of nitriles is 1. The number of alkyl halides is 6. The minimum Gasteiger partial charge on any atom is -0.377 e. The van der Waals surface area contributed by atoms with E-state index in [9.17, 15) is 31.1 Å². The van der Waals surface area contributed by atoms with E-state index in [1.165, 1.54) is 13.0 Å². The topological polar surface area (TPSA) is 64.9 Å². The zero-order valence-corrected chi connectivity index (χ0v) is 12.6. The highest BCUT2D eigenvalue weighted by Gasteiger charge is 2.46. The van der Waals surface area contributed by atoms with Gasteiger partial charge in [0.25, 0.3) is 0 Å². The number of benzene rings is 1. The zero-order valence-electron chi connectivity index (χ0n) is 12.6. The van der Waals surface area contributed by atoms with Gasteiger partial charge in [0, 0.05) is 18.3 Å². The van der Waals surface area contributed by atoms with E-state index in [4.69, 9.17) is 5.26 Å². The van der Waals surface area contributed by atoms with Gasteiger partial charge in [-0.05, 0) is 25.1 Å². The van der Waals surface area contributed by atoms with Crippen LogP contribution in [0, 0.1) is 11.3 Å². The van der Waals surface area contributed by atoms with Crippen molar-refractivity contribution in [1.82, 2.24) is 5.32 Å². The number of hydrogen-bond donors (Lipinski definition) is 2. The number of nitrogens with zero attached hydrogens (tertiary/aromatic N) is 1. The fraction of sp³-hybridized carbons (Fsp3) is 0.333. The van der Waals surface area contributed by atoms with Crippen molar-refractivity contribution in [3.8, 4) is 6.07 Å². The van der Waals surface area contributed by atoms with Gasteiger partial charge in [0.15, 0.2) is 0 Å². The molecule has 4 nitrogen and oxygen atoms in total. The van der Waals surface area contributed by atoms with Crippen LogP contribution in [0.25, 0.3) is 0 Å². The highest BCUT2D eigenvalue weighted by Crippen LogP contribution is 2.37. The van der Waals surface area contributed by atoms with E-state index in [1.54, 1.807) is 0 Å². The van der Waals surface area contributed by atoms with Crippen LogP contribution in [-0.2, 0) is 11.0 Å². The first-order chi connectivity index (χ1) is 11.4. The summed E-state index contributed by atoms with van der Waals surface area (Å²) in [5.41, 5.74) is -4.75. The molecule has 1 amide bonds. The van der Waals surface area contributed by atoms with Gasteiger partial charge >= 0.3 is 12.4 Å².